The van der Waals surface area contributed by atoms with Gasteiger partial charge in [-0.1, -0.05) is 23.8 Å². The van der Waals surface area contributed by atoms with Crippen LogP contribution < -0.4 is 0 Å². The van der Waals surface area contributed by atoms with Crippen molar-refractivity contribution < 1.29 is 18.7 Å². The molecule has 2 rings (SSSR count). The topological polar surface area (TPSA) is 37.3 Å². The van der Waals surface area contributed by atoms with Gasteiger partial charge in [-0.2, -0.15) is 0 Å². The minimum absolute atomic E-state index is 0.0451. The van der Waals surface area contributed by atoms with E-state index in [1.54, 1.807) is 13.0 Å². The Kier molecular flexibility index (Phi) is 3.10. The van der Waals surface area contributed by atoms with Gasteiger partial charge in [0.1, 0.15) is 17.2 Å². The Morgan fingerprint density at radius 1 is 1.06 bits per heavy atom. The Morgan fingerprint density at radius 2 is 1.78 bits per heavy atom. The summed E-state index contributed by atoms with van der Waals surface area (Å²) < 4.78 is 27.2. The van der Waals surface area contributed by atoms with Crippen molar-refractivity contribution in [3.05, 3.63) is 59.2 Å². The van der Waals surface area contributed by atoms with Crippen LogP contribution in [0.2, 0.25) is 0 Å². The molecule has 0 atom stereocenters. The van der Waals surface area contributed by atoms with Crippen molar-refractivity contribution >= 4 is 5.97 Å². The molecule has 0 spiro atoms. The number of carbonyl (C=O) groups is 1. The van der Waals surface area contributed by atoms with E-state index >= 15 is 0 Å². The van der Waals surface area contributed by atoms with Gasteiger partial charge < -0.3 is 5.11 Å². The molecule has 4 heteroatoms. The van der Waals surface area contributed by atoms with E-state index in [0.717, 1.165) is 11.6 Å². The summed E-state index contributed by atoms with van der Waals surface area (Å²) in [5, 5.41) is 9.01. The van der Waals surface area contributed by atoms with Crippen molar-refractivity contribution in [3.8, 4) is 11.1 Å². The fourth-order valence-electron chi connectivity index (χ4n) is 1.81. The first kappa shape index (κ1) is 12.2. The van der Waals surface area contributed by atoms with Crippen LogP contribution in [0.5, 0.6) is 0 Å². The van der Waals surface area contributed by atoms with Crippen LogP contribution in [0.25, 0.3) is 11.1 Å². The number of rotatable bonds is 2. The third-order valence-corrected chi connectivity index (χ3v) is 2.64. The maximum atomic E-state index is 13.7. The molecule has 92 valence electrons. The van der Waals surface area contributed by atoms with Crippen LogP contribution in [-0.2, 0) is 0 Å². The van der Waals surface area contributed by atoms with Crippen molar-refractivity contribution in [2.45, 2.75) is 6.92 Å². The lowest BCUT2D eigenvalue weighted by Gasteiger charge is -2.09. The molecule has 2 aromatic rings. The number of aryl methyl sites for hydroxylation is 1. The largest absolute Gasteiger partial charge is 0.478 e. The van der Waals surface area contributed by atoms with Gasteiger partial charge in [-0.05, 0) is 25.1 Å². The summed E-state index contributed by atoms with van der Waals surface area (Å²) in [6, 6.07) is 8.10. The SMILES string of the molecule is Cc1ccc(F)c(-c2cccc(F)c2C(=O)O)c1. The molecule has 0 heterocycles. The van der Waals surface area contributed by atoms with E-state index < -0.39 is 23.2 Å². The number of carboxylic acids is 1. The summed E-state index contributed by atoms with van der Waals surface area (Å²) in [5.41, 5.74) is 0.393. The average Bonchev–Trinajstić information content (AvgIpc) is 2.31. The van der Waals surface area contributed by atoms with E-state index in [2.05, 4.69) is 0 Å². The Balaban J connectivity index is 2.75. The van der Waals surface area contributed by atoms with Gasteiger partial charge in [-0.15, -0.1) is 0 Å². The molecule has 2 aromatic carbocycles. The highest BCUT2D eigenvalue weighted by Crippen LogP contribution is 2.28. The number of hydrogen-bond acceptors (Lipinski definition) is 1. The second-order valence-electron chi connectivity index (χ2n) is 3.95. The molecule has 0 aliphatic heterocycles. The zero-order chi connectivity index (χ0) is 13.3. The van der Waals surface area contributed by atoms with Gasteiger partial charge >= 0.3 is 5.97 Å². The fraction of sp³-hybridized carbons (Fsp3) is 0.0714. The van der Waals surface area contributed by atoms with Crippen molar-refractivity contribution in [3.63, 3.8) is 0 Å². The Hall–Kier alpha value is -2.23. The number of halogens is 2. The smallest absolute Gasteiger partial charge is 0.339 e. The Bertz CT molecular complexity index is 621. The second kappa shape index (κ2) is 4.56. The highest BCUT2D eigenvalue weighted by Gasteiger charge is 2.18. The molecular formula is C14H10F2O2. The normalized spacial score (nSPS) is 10.4. The maximum Gasteiger partial charge on any atom is 0.339 e. The summed E-state index contributed by atoms with van der Waals surface area (Å²) in [7, 11) is 0. The standard InChI is InChI=1S/C14H10F2O2/c1-8-5-6-11(15)10(7-8)9-3-2-4-12(16)13(9)14(17)18/h2-7H,1H3,(H,17,18). The predicted molar refractivity (Wildman–Crippen MR) is 63.5 cm³/mol. The quantitative estimate of drug-likeness (QED) is 0.880. The van der Waals surface area contributed by atoms with Crippen LogP contribution >= 0.6 is 0 Å². The Morgan fingerprint density at radius 3 is 2.44 bits per heavy atom. The second-order valence-corrected chi connectivity index (χ2v) is 3.95. The lowest BCUT2D eigenvalue weighted by atomic mass is 9.97. The molecule has 0 aliphatic carbocycles. The Labute approximate surface area is 103 Å². The van der Waals surface area contributed by atoms with E-state index in [9.17, 15) is 13.6 Å². The molecule has 0 fully saturated rings. The van der Waals surface area contributed by atoms with Crippen LogP contribution in [0.3, 0.4) is 0 Å². The minimum atomic E-state index is -1.41. The van der Waals surface area contributed by atoms with Crippen molar-refractivity contribution in [2.24, 2.45) is 0 Å². The van der Waals surface area contributed by atoms with E-state index in [4.69, 9.17) is 5.11 Å². The first-order valence-corrected chi connectivity index (χ1v) is 5.29. The molecule has 0 bridgehead atoms. The molecule has 0 radical (unpaired) electrons. The number of carboxylic acid groups (broad SMARTS) is 1. The highest BCUT2D eigenvalue weighted by atomic mass is 19.1. The predicted octanol–water partition coefficient (Wildman–Crippen LogP) is 3.64. The molecule has 2 nitrogen and oxygen atoms in total. The number of benzene rings is 2. The summed E-state index contributed by atoms with van der Waals surface area (Å²) in [6.45, 7) is 1.75. The van der Waals surface area contributed by atoms with Crippen molar-refractivity contribution in [1.29, 1.82) is 0 Å². The number of aromatic carboxylic acids is 1. The first-order valence-electron chi connectivity index (χ1n) is 5.29. The van der Waals surface area contributed by atoms with Crippen molar-refractivity contribution in [1.82, 2.24) is 0 Å². The van der Waals surface area contributed by atoms with Crippen LogP contribution in [0.1, 0.15) is 15.9 Å². The van der Waals surface area contributed by atoms with E-state index in [0.29, 0.717) is 0 Å². The van der Waals surface area contributed by atoms with Gasteiger partial charge in [0.25, 0.3) is 0 Å². The van der Waals surface area contributed by atoms with Gasteiger partial charge in [-0.25, -0.2) is 13.6 Å². The highest BCUT2D eigenvalue weighted by molar-refractivity contribution is 5.96. The monoisotopic (exact) mass is 248 g/mol. The van der Waals surface area contributed by atoms with Gasteiger partial charge in [0, 0.05) is 11.1 Å². The summed E-state index contributed by atoms with van der Waals surface area (Å²) in [6.07, 6.45) is 0. The number of hydrogen-bond donors (Lipinski definition) is 1. The van der Waals surface area contributed by atoms with Gasteiger partial charge in [0.05, 0.1) is 0 Å². The van der Waals surface area contributed by atoms with Gasteiger partial charge in [-0.3, -0.25) is 0 Å². The molecule has 0 saturated heterocycles. The lowest BCUT2D eigenvalue weighted by molar-refractivity contribution is 0.0693. The van der Waals surface area contributed by atoms with E-state index in [1.807, 2.05) is 0 Å². The van der Waals surface area contributed by atoms with Crippen LogP contribution in [0, 0.1) is 18.6 Å². The molecule has 18 heavy (non-hydrogen) atoms. The lowest BCUT2D eigenvalue weighted by Crippen LogP contribution is -2.04. The molecule has 0 saturated carbocycles. The van der Waals surface area contributed by atoms with Crippen LogP contribution in [0.4, 0.5) is 8.78 Å². The van der Waals surface area contributed by atoms with Gasteiger partial charge in [0.15, 0.2) is 0 Å². The average molecular weight is 248 g/mol. The zero-order valence-electron chi connectivity index (χ0n) is 9.58. The van der Waals surface area contributed by atoms with E-state index in [1.165, 1.54) is 24.3 Å². The fourth-order valence-corrected chi connectivity index (χ4v) is 1.81. The first-order chi connectivity index (χ1) is 8.50. The maximum absolute atomic E-state index is 13.7. The van der Waals surface area contributed by atoms with Crippen LogP contribution in [-0.4, -0.2) is 11.1 Å². The summed E-state index contributed by atoms with van der Waals surface area (Å²) in [4.78, 5) is 11.0. The molecule has 1 N–H and O–H groups in total. The van der Waals surface area contributed by atoms with Crippen molar-refractivity contribution in [2.75, 3.05) is 0 Å². The third kappa shape index (κ3) is 2.09. The molecule has 0 aromatic heterocycles. The van der Waals surface area contributed by atoms with E-state index in [-0.39, 0.29) is 11.1 Å². The summed E-state index contributed by atoms with van der Waals surface area (Å²) >= 11 is 0. The van der Waals surface area contributed by atoms with Gasteiger partial charge in [0.2, 0.25) is 0 Å². The minimum Gasteiger partial charge on any atom is -0.478 e. The van der Waals surface area contributed by atoms with Crippen LogP contribution in [0.15, 0.2) is 36.4 Å². The third-order valence-electron chi connectivity index (χ3n) is 2.64. The molecule has 0 amide bonds. The summed E-state index contributed by atoms with van der Waals surface area (Å²) in [5.74, 6) is -2.86. The molecule has 0 aliphatic rings. The zero-order valence-corrected chi connectivity index (χ0v) is 9.58. The molecular weight excluding hydrogens is 238 g/mol. The molecule has 0 unspecified atom stereocenters.